The normalized spacial score (nSPS) is 10.6. The van der Waals surface area contributed by atoms with Crippen LogP contribution in [0.4, 0.5) is 0 Å². The number of hydrogen-bond acceptors (Lipinski definition) is 12. The van der Waals surface area contributed by atoms with Crippen LogP contribution in [0.25, 0.3) is 0 Å². The summed E-state index contributed by atoms with van der Waals surface area (Å²) in [6.45, 7) is 5.98. The summed E-state index contributed by atoms with van der Waals surface area (Å²) in [6.07, 6.45) is 0.995. The van der Waals surface area contributed by atoms with E-state index in [1.165, 1.54) is 21.1 Å². The molecule has 0 saturated carbocycles. The summed E-state index contributed by atoms with van der Waals surface area (Å²) in [7, 11) is 2.54. The third-order valence-corrected chi connectivity index (χ3v) is 5.59. The molecule has 0 radical (unpaired) electrons. The van der Waals surface area contributed by atoms with Crippen molar-refractivity contribution in [2.75, 3.05) is 66.7 Å². The first kappa shape index (κ1) is 31.5. The predicted octanol–water partition coefficient (Wildman–Crippen LogP) is 0.301. The van der Waals surface area contributed by atoms with Gasteiger partial charge in [0, 0.05) is 33.1 Å². The van der Waals surface area contributed by atoms with E-state index in [2.05, 4.69) is 0 Å². The van der Waals surface area contributed by atoms with Crippen LogP contribution in [0, 0.1) is 6.92 Å². The van der Waals surface area contributed by atoms with Crippen molar-refractivity contribution in [2.24, 2.45) is 0 Å². The largest absolute Gasteiger partial charge is 0.468 e. The highest BCUT2D eigenvalue weighted by molar-refractivity contribution is 5.75. The van der Waals surface area contributed by atoms with Gasteiger partial charge in [0.25, 0.3) is 12.9 Å². The van der Waals surface area contributed by atoms with Crippen molar-refractivity contribution in [1.82, 2.24) is 9.80 Å². The number of esters is 3. The second kappa shape index (κ2) is 17.8. The fourth-order valence-corrected chi connectivity index (χ4v) is 3.60. The number of ether oxygens (including phenoxy) is 5. The summed E-state index contributed by atoms with van der Waals surface area (Å²) in [5.41, 5.74) is 2.47. The Morgan fingerprint density at radius 1 is 0.784 bits per heavy atom. The number of methoxy groups -OCH3 is 2. The third-order valence-electron chi connectivity index (χ3n) is 5.59. The molecule has 0 N–H and O–H groups in total. The van der Waals surface area contributed by atoms with Gasteiger partial charge in [0.2, 0.25) is 0 Å². The van der Waals surface area contributed by atoms with Crippen molar-refractivity contribution in [3.63, 3.8) is 0 Å². The van der Waals surface area contributed by atoms with Crippen LogP contribution in [0.15, 0.2) is 12.1 Å². The lowest BCUT2D eigenvalue weighted by atomic mass is 9.98. The molecule has 0 fully saturated rings. The van der Waals surface area contributed by atoms with Gasteiger partial charge < -0.3 is 23.7 Å². The second-order valence-electron chi connectivity index (χ2n) is 8.07. The molecule has 1 aromatic carbocycles. The minimum atomic E-state index is -0.489. The molecule has 206 valence electrons. The first-order valence-corrected chi connectivity index (χ1v) is 11.7. The molecule has 0 aliphatic carbocycles. The Hall–Kier alpha value is -3.51. The Bertz CT molecular complexity index is 874. The van der Waals surface area contributed by atoms with E-state index in [0.29, 0.717) is 57.7 Å². The highest BCUT2D eigenvalue weighted by Crippen LogP contribution is 2.28. The number of rotatable bonds is 19. The van der Waals surface area contributed by atoms with Gasteiger partial charge in [-0.2, -0.15) is 0 Å². The number of hydrogen-bond donors (Lipinski definition) is 0. The van der Waals surface area contributed by atoms with Crippen LogP contribution in [0.5, 0.6) is 5.75 Å². The van der Waals surface area contributed by atoms with Crippen LogP contribution in [-0.2, 0) is 55.8 Å². The number of carbonyl (C=O) groups is 5. The summed E-state index contributed by atoms with van der Waals surface area (Å²) in [5, 5.41) is 0. The van der Waals surface area contributed by atoms with E-state index in [9.17, 15) is 24.0 Å². The van der Waals surface area contributed by atoms with Gasteiger partial charge in [0.05, 0.1) is 27.3 Å². The van der Waals surface area contributed by atoms with Gasteiger partial charge in [-0.25, -0.2) is 0 Å². The lowest BCUT2D eigenvalue weighted by Crippen LogP contribution is -2.37. The number of benzene rings is 1. The van der Waals surface area contributed by atoms with Crippen molar-refractivity contribution in [3.8, 4) is 5.75 Å². The van der Waals surface area contributed by atoms with Crippen LogP contribution in [0.1, 0.15) is 23.6 Å². The molecule has 0 aromatic heterocycles. The first-order chi connectivity index (χ1) is 17.7. The van der Waals surface area contributed by atoms with Crippen LogP contribution in [-0.4, -0.2) is 107 Å². The Kier molecular flexibility index (Phi) is 15.2. The Balaban J connectivity index is 3.03. The molecule has 0 saturated heterocycles. The van der Waals surface area contributed by atoms with Crippen molar-refractivity contribution in [1.29, 1.82) is 0 Å². The number of carbonyl (C=O) groups excluding carboxylic acids is 5. The van der Waals surface area contributed by atoms with Crippen LogP contribution < -0.4 is 4.74 Å². The van der Waals surface area contributed by atoms with Gasteiger partial charge in [-0.15, -0.1) is 0 Å². The smallest absolute Gasteiger partial charge is 0.319 e. The van der Waals surface area contributed by atoms with Gasteiger partial charge in [0.1, 0.15) is 19.0 Å². The van der Waals surface area contributed by atoms with Gasteiger partial charge in [-0.3, -0.25) is 33.8 Å². The minimum absolute atomic E-state index is 0.0942. The average Bonchev–Trinajstić information content (AvgIpc) is 2.87. The molecular formula is C25H36N2O10. The summed E-state index contributed by atoms with van der Waals surface area (Å²) in [6, 6.07) is 3.79. The highest BCUT2D eigenvalue weighted by Gasteiger charge is 2.19. The first-order valence-electron chi connectivity index (χ1n) is 11.7. The molecule has 0 unspecified atom stereocenters. The maximum atomic E-state index is 11.8. The van der Waals surface area contributed by atoms with Crippen LogP contribution in [0.2, 0.25) is 0 Å². The topological polar surface area (TPSA) is 138 Å². The SMILES string of the molecule is COC(=O)CN(CCc1ccc(CCN(CCOC=O)CCOC=O)c(C)c1OC(C)=O)CC(=O)OC. The van der Waals surface area contributed by atoms with Crippen molar-refractivity contribution >= 4 is 30.9 Å². The Labute approximate surface area is 216 Å². The van der Waals surface area contributed by atoms with Gasteiger partial charge in [-0.05, 0) is 36.5 Å². The molecule has 0 amide bonds. The highest BCUT2D eigenvalue weighted by atomic mass is 16.5. The molecule has 1 rings (SSSR count). The summed E-state index contributed by atoms with van der Waals surface area (Å²) >= 11 is 0. The van der Waals surface area contributed by atoms with Crippen molar-refractivity contribution < 1.29 is 47.7 Å². The van der Waals surface area contributed by atoms with E-state index in [4.69, 9.17) is 23.7 Å². The monoisotopic (exact) mass is 524 g/mol. The standard InChI is InChI=1S/C25H36N2O10/c1-19-21(7-9-26(11-13-35-17-28)12-14-36-18-29)5-6-22(25(19)37-20(2)30)8-10-27(15-23(31)33-3)16-24(32)34-4/h5-6,17-18H,7-16H2,1-4H3. The molecule has 0 bridgehead atoms. The number of nitrogens with zero attached hydrogens (tertiary/aromatic N) is 2. The van der Waals surface area contributed by atoms with E-state index < -0.39 is 17.9 Å². The molecule has 0 spiro atoms. The molecule has 12 heteroatoms. The van der Waals surface area contributed by atoms with Gasteiger partial charge >= 0.3 is 17.9 Å². The van der Waals surface area contributed by atoms with Crippen molar-refractivity contribution in [3.05, 3.63) is 28.8 Å². The van der Waals surface area contributed by atoms with Crippen LogP contribution >= 0.6 is 0 Å². The lowest BCUT2D eigenvalue weighted by molar-refractivity contribution is -0.145. The van der Waals surface area contributed by atoms with E-state index >= 15 is 0 Å². The Morgan fingerprint density at radius 3 is 1.76 bits per heavy atom. The quantitative estimate of drug-likeness (QED) is 0.0809. The Morgan fingerprint density at radius 2 is 1.27 bits per heavy atom. The average molecular weight is 525 g/mol. The molecule has 0 aliphatic rings. The maximum Gasteiger partial charge on any atom is 0.319 e. The van der Waals surface area contributed by atoms with E-state index in [1.54, 1.807) is 4.90 Å². The van der Waals surface area contributed by atoms with E-state index in [0.717, 1.165) is 16.7 Å². The fraction of sp³-hybridized carbons (Fsp3) is 0.560. The summed E-state index contributed by atoms with van der Waals surface area (Å²) < 4.78 is 24.5. The molecule has 0 aliphatic heterocycles. The molecule has 12 nitrogen and oxygen atoms in total. The zero-order valence-corrected chi connectivity index (χ0v) is 21.9. The summed E-state index contributed by atoms with van der Waals surface area (Å²) in [5.74, 6) is -1.02. The van der Waals surface area contributed by atoms with Gasteiger partial charge in [0.15, 0.2) is 0 Å². The molecule has 0 heterocycles. The third kappa shape index (κ3) is 12.3. The molecule has 0 atom stereocenters. The van der Waals surface area contributed by atoms with Crippen molar-refractivity contribution in [2.45, 2.75) is 26.7 Å². The van der Waals surface area contributed by atoms with E-state index in [-0.39, 0.29) is 26.3 Å². The molecular weight excluding hydrogens is 488 g/mol. The predicted molar refractivity (Wildman–Crippen MR) is 131 cm³/mol. The fourth-order valence-electron chi connectivity index (χ4n) is 3.60. The summed E-state index contributed by atoms with van der Waals surface area (Å²) in [4.78, 5) is 59.9. The van der Waals surface area contributed by atoms with Gasteiger partial charge in [-0.1, -0.05) is 12.1 Å². The zero-order valence-electron chi connectivity index (χ0n) is 21.9. The van der Waals surface area contributed by atoms with Crippen LogP contribution in [0.3, 0.4) is 0 Å². The van der Waals surface area contributed by atoms with E-state index in [1.807, 2.05) is 24.0 Å². The lowest BCUT2D eigenvalue weighted by Gasteiger charge is -2.23. The minimum Gasteiger partial charge on any atom is -0.468 e. The second-order valence-corrected chi connectivity index (χ2v) is 8.07. The molecule has 37 heavy (non-hydrogen) atoms. The molecule has 1 aromatic rings. The zero-order chi connectivity index (χ0) is 27.6. The maximum absolute atomic E-state index is 11.8.